The number of rotatable bonds is 6. The van der Waals surface area contributed by atoms with Gasteiger partial charge in [-0.15, -0.1) is 0 Å². The van der Waals surface area contributed by atoms with Gasteiger partial charge in [-0.25, -0.2) is 8.78 Å². The monoisotopic (exact) mass is 411 g/mol. The third-order valence-corrected chi connectivity index (χ3v) is 3.71. The summed E-state index contributed by atoms with van der Waals surface area (Å²) >= 11 is 5.10. The Morgan fingerprint density at radius 1 is 1.00 bits per heavy atom. The molecule has 10 heteroatoms. The molecule has 0 aromatic heterocycles. The summed E-state index contributed by atoms with van der Waals surface area (Å²) in [7, 11) is 3.03. The number of halogens is 2. The van der Waals surface area contributed by atoms with Gasteiger partial charge in [-0.1, -0.05) is 0 Å². The predicted octanol–water partition coefficient (Wildman–Crippen LogP) is 2.77. The maximum atomic E-state index is 13.6. The van der Waals surface area contributed by atoms with Crippen molar-refractivity contribution in [2.24, 2.45) is 0 Å². The Balaban J connectivity index is 1.87. The van der Waals surface area contributed by atoms with E-state index in [9.17, 15) is 13.6 Å². The quantitative estimate of drug-likeness (QED) is 0.498. The first kappa shape index (κ1) is 21.2. The van der Waals surface area contributed by atoms with E-state index in [1.165, 1.54) is 21.1 Å². The highest BCUT2D eigenvalue weighted by Crippen LogP contribution is 2.29. The Hall–Kier alpha value is -3.14. The van der Waals surface area contributed by atoms with Crippen LogP contribution in [0.3, 0.4) is 0 Å². The highest BCUT2D eigenvalue weighted by molar-refractivity contribution is 7.80. The maximum Gasteiger partial charge on any atom is 0.279 e. The van der Waals surface area contributed by atoms with Crippen molar-refractivity contribution < 1.29 is 27.8 Å². The van der Waals surface area contributed by atoms with Crippen LogP contribution in [-0.4, -0.2) is 31.3 Å². The van der Waals surface area contributed by atoms with Gasteiger partial charge in [-0.05, 0) is 43.4 Å². The van der Waals surface area contributed by atoms with Gasteiger partial charge in [-0.3, -0.25) is 15.6 Å². The Kier molecular flexibility index (Phi) is 7.33. The van der Waals surface area contributed by atoms with Crippen LogP contribution in [0.15, 0.2) is 36.4 Å². The zero-order chi connectivity index (χ0) is 20.7. The SMILES string of the molecule is COc1ccc(NC(=S)NNC(=O)C(C)Oc2ccc(F)cc2F)cc1OC. The minimum absolute atomic E-state index is 0.0979. The Bertz CT molecular complexity index is 867. The Morgan fingerprint density at radius 3 is 2.32 bits per heavy atom. The number of hydrazine groups is 1. The van der Waals surface area contributed by atoms with E-state index in [2.05, 4.69) is 16.2 Å². The fraction of sp³-hybridized carbons (Fsp3) is 0.222. The van der Waals surface area contributed by atoms with Gasteiger partial charge >= 0.3 is 0 Å². The van der Waals surface area contributed by atoms with E-state index in [0.29, 0.717) is 23.3 Å². The van der Waals surface area contributed by atoms with Crippen LogP contribution in [-0.2, 0) is 4.79 Å². The number of amides is 1. The molecule has 1 unspecified atom stereocenters. The summed E-state index contributed by atoms with van der Waals surface area (Å²) in [5.74, 6) is -1.44. The van der Waals surface area contributed by atoms with Gasteiger partial charge in [0.1, 0.15) is 5.82 Å². The summed E-state index contributed by atoms with van der Waals surface area (Å²) in [4.78, 5) is 12.0. The molecule has 0 aliphatic heterocycles. The molecular weight excluding hydrogens is 392 g/mol. The first-order chi connectivity index (χ1) is 13.3. The van der Waals surface area contributed by atoms with Crippen molar-refractivity contribution in [3.8, 4) is 17.2 Å². The van der Waals surface area contributed by atoms with Crippen molar-refractivity contribution in [2.75, 3.05) is 19.5 Å². The van der Waals surface area contributed by atoms with Crippen LogP contribution in [0.25, 0.3) is 0 Å². The fourth-order valence-electron chi connectivity index (χ4n) is 2.11. The molecule has 0 saturated heterocycles. The molecule has 7 nitrogen and oxygen atoms in total. The van der Waals surface area contributed by atoms with E-state index in [1.807, 2.05) is 0 Å². The summed E-state index contributed by atoms with van der Waals surface area (Å²) in [5.41, 5.74) is 5.44. The summed E-state index contributed by atoms with van der Waals surface area (Å²) in [6.45, 7) is 1.41. The maximum absolute atomic E-state index is 13.6. The molecule has 1 atom stereocenters. The molecule has 3 N–H and O–H groups in total. The number of ether oxygens (including phenoxy) is 3. The van der Waals surface area contributed by atoms with Crippen molar-refractivity contribution in [2.45, 2.75) is 13.0 Å². The molecule has 2 aromatic carbocycles. The van der Waals surface area contributed by atoms with Crippen LogP contribution in [0.5, 0.6) is 17.2 Å². The van der Waals surface area contributed by atoms with Crippen molar-refractivity contribution in [1.82, 2.24) is 10.9 Å². The van der Waals surface area contributed by atoms with Crippen molar-refractivity contribution >= 4 is 28.9 Å². The standard InChI is InChI=1S/C18H19F2N3O4S/c1-10(27-14-6-4-11(19)8-13(14)20)17(24)22-23-18(28)21-12-5-7-15(25-2)16(9-12)26-3/h4-10H,1-3H3,(H,22,24)(H2,21,23,28). The van der Waals surface area contributed by atoms with Crippen molar-refractivity contribution in [3.05, 3.63) is 48.0 Å². The van der Waals surface area contributed by atoms with Crippen molar-refractivity contribution in [3.63, 3.8) is 0 Å². The molecule has 0 saturated carbocycles. The molecular formula is C18H19F2N3O4S. The number of benzene rings is 2. The summed E-state index contributed by atoms with van der Waals surface area (Å²) in [6.07, 6.45) is -1.06. The number of hydrogen-bond acceptors (Lipinski definition) is 5. The third-order valence-electron chi connectivity index (χ3n) is 3.51. The lowest BCUT2D eigenvalue weighted by molar-refractivity contribution is -0.127. The average Bonchev–Trinajstić information content (AvgIpc) is 2.68. The molecule has 0 aliphatic rings. The number of hydrogen-bond donors (Lipinski definition) is 3. The molecule has 150 valence electrons. The number of thiocarbonyl (C=S) groups is 1. The molecule has 28 heavy (non-hydrogen) atoms. The van der Waals surface area contributed by atoms with Gasteiger partial charge < -0.3 is 19.5 Å². The van der Waals surface area contributed by atoms with Gasteiger partial charge in [0.25, 0.3) is 5.91 Å². The molecule has 0 radical (unpaired) electrons. The third kappa shape index (κ3) is 5.68. The normalized spacial score (nSPS) is 11.2. The van der Waals surface area contributed by atoms with Gasteiger partial charge in [0.2, 0.25) is 0 Å². The van der Waals surface area contributed by atoms with Gasteiger partial charge in [0, 0.05) is 17.8 Å². The van der Waals surface area contributed by atoms with Gasteiger partial charge in [-0.2, -0.15) is 0 Å². The largest absolute Gasteiger partial charge is 0.493 e. The highest BCUT2D eigenvalue weighted by Gasteiger charge is 2.17. The first-order valence-electron chi connectivity index (χ1n) is 8.04. The lowest BCUT2D eigenvalue weighted by Crippen LogP contribution is -2.48. The molecule has 0 fully saturated rings. The average molecular weight is 411 g/mol. The van der Waals surface area contributed by atoms with Crippen LogP contribution in [0.2, 0.25) is 0 Å². The van der Waals surface area contributed by atoms with Gasteiger partial charge in [0.15, 0.2) is 34.3 Å². The first-order valence-corrected chi connectivity index (χ1v) is 8.45. The highest BCUT2D eigenvalue weighted by atomic mass is 32.1. The van der Waals surface area contributed by atoms with E-state index < -0.39 is 23.6 Å². The van der Waals surface area contributed by atoms with E-state index in [0.717, 1.165) is 12.1 Å². The topological polar surface area (TPSA) is 80.9 Å². The number of carbonyl (C=O) groups is 1. The Morgan fingerprint density at radius 2 is 1.68 bits per heavy atom. The van der Waals surface area contributed by atoms with Crippen LogP contribution in [0.4, 0.5) is 14.5 Å². The summed E-state index contributed by atoms with van der Waals surface area (Å²) in [5, 5.41) is 2.95. The second kappa shape index (κ2) is 9.70. The minimum atomic E-state index is -1.06. The molecule has 2 rings (SSSR count). The Labute approximate surface area is 165 Å². The molecule has 2 aromatic rings. The van der Waals surface area contributed by atoms with E-state index in [1.54, 1.807) is 18.2 Å². The molecule has 0 spiro atoms. The molecule has 0 heterocycles. The lowest BCUT2D eigenvalue weighted by Gasteiger charge is -2.17. The molecule has 0 bridgehead atoms. The van der Waals surface area contributed by atoms with E-state index >= 15 is 0 Å². The number of methoxy groups -OCH3 is 2. The van der Waals surface area contributed by atoms with Crippen LogP contribution < -0.4 is 30.4 Å². The second-order valence-electron chi connectivity index (χ2n) is 5.47. The van der Waals surface area contributed by atoms with Crippen LogP contribution in [0, 0.1) is 11.6 Å². The number of anilines is 1. The summed E-state index contributed by atoms with van der Waals surface area (Å²) in [6, 6.07) is 7.86. The predicted molar refractivity (Wildman–Crippen MR) is 103 cm³/mol. The lowest BCUT2D eigenvalue weighted by atomic mass is 10.3. The van der Waals surface area contributed by atoms with Crippen LogP contribution >= 0.6 is 12.2 Å². The summed E-state index contributed by atoms with van der Waals surface area (Å²) < 4.78 is 42.0. The molecule has 1 amide bonds. The number of carbonyl (C=O) groups excluding carboxylic acids is 1. The van der Waals surface area contributed by atoms with E-state index in [-0.39, 0.29) is 10.9 Å². The second-order valence-corrected chi connectivity index (χ2v) is 5.88. The molecule has 0 aliphatic carbocycles. The van der Waals surface area contributed by atoms with E-state index in [4.69, 9.17) is 26.4 Å². The zero-order valence-electron chi connectivity index (χ0n) is 15.3. The fourth-order valence-corrected chi connectivity index (χ4v) is 2.28. The van der Waals surface area contributed by atoms with Crippen LogP contribution in [0.1, 0.15) is 6.92 Å². The smallest absolute Gasteiger partial charge is 0.279 e. The number of nitrogens with one attached hydrogen (secondary N) is 3. The van der Waals surface area contributed by atoms with Gasteiger partial charge in [0.05, 0.1) is 14.2 Å². The minimum Gasteiger partial charge on any atom is -0.493 e. The van der Waals surface area contributed by atoms with Crippen molar-refractivity contribution in [1.29, 1.82) is 0 Å². The zero-order valence-corrected chi connectivity index (χ0v) is 16.2.